The molecule has 56 valence electrons. The first kappa shape index (κ1) is 9.43. The summed E-state index contributed by atoms with van der Waals surface area (Å²) >= 11 is 2.95. The second-order valence-electron chi connectivity index (χ2n) is 1.61. The van der Waals surface area contributed by atoms with E-state index in [1.165, 1.54) is 6.08 Å². The molecule has 0 aliphatic rings. The number of aliphatic hydroxyl groups is 1. The summed E-state index contributed by atoms with van der Waals surface area (Å²) in [7, 11) is 0. The quantitative estimate of drug-likeness (QED) is 0.544. The Morgan fingerprint density at radius 1 is 1.70 bits per heavy atom. The van der Waals surface area contributed by atoms with Crippen LogP contribution in [0.25, 0.3) is 0 Å². The fourth-order valence-corrected chi connectivity index (χ4v) is 0.827. The summed E-state index contributed by atoms with van der Waals surface area (Å²) in [5.41, 5.74) is 0. The molecule has 0 aromatic heterocycles. The number of halogens is 2. The monoisotopic (exact) mass is 206 g/mol. The number of aliphatic hydroxyl groups excluding tert-OH is 1. The van der Waals surface area contributed by atoms with E-state index >= 15 is 0 Å². The average molecular weight is 207 g/mol. The normalized spacial score (nSPS) is 13.5. The zero-order chi connectivity index (χ0) is 8.15. The average Bonchev–Trinajstić information content (AvgIpc) is 1.85. The van der Waals surface area contributed by atoms with Crippen molar-refractivity contribution >= 4 is 15.9 Å². The summed E-state index contributed by atoms with van der Waals surface area (Å²) in [5.74, 6) is -0.598. The highest BCUT2D eigenvalue weighted by molar-refractivity contribution is 9.11. The Morgan fingerprint density at radius 2 is 2.20 bits per heavy atom. The molecular formula is C7H8BrFO. The van der Waals surface area contributed by atoms with Crippen LogP contribution in [0.15, 0.2) is 34.8 Å². The molecule has 0 bridgehead atoms. The molecule has 0 spiro atoms. The van der Waals surface area contributed by atoms with Crippen LogP contribution in [0.4, 0.5) is 4.39 Å². The summed E-state index contributed by atoms with van der Waals surface area (Å²) < 4.78 is 12.3. The van der Waals surface area contributed by atoms with Gasteiger partial charge in [0.2, 0.25) is 0 Å². The Bertz CT molecular complexity index is 194. The summed E-state index contributed by atoms with van der Waals surface area (Å²) in [5, 5.41) is 8.91. The van der Waals surface area contributed by atoms with Crippen LogP contribution in [0.3, 0.4) is 0 Å². The maximum absolute atomic E-state index is 12.0. The van der Waals surface area contributed by atoms with Crippen LogP contribution in [0, 0.1) is 0 Å². The van der Waals surface area contributed by atoms with E-state index < -0.39 is 5.83 Å². The molecule has 0 heterocycles. The van der Waals surface area contributed by atoms with Gasteiger partial charge in [-0.1, -0.05) is 6.58 Å². The van der Waals surface area contributed by atoms with Gasteiger partial charge in [0, 0.05) is 0 Å². The van der Waals surface area contributed by atoms with E-state index in [1.807, 2.05) is 0 Å². The van der Waals surface area contributed by atoms with Gasteiger partial charge >= 0.3 is 0 Å². The van der Waals surface area contributed by atoms with Crippen LogP contribution in [-0.2, 0) is 0 Å². The van der Waals surface area contributed by atoms with Crippen LogP contribution in [0.1, 0.15) is 6.92 Å². The van der Waals surface area contributed by atoms with Crippen LogP contribution in [-0.4, -0.2) is 5.11 Å². The van der Waals surface area contributed by atoms with E-state index in [-0.39, 0.29) is 5.76 Å². The van der Waals surface area contributed by atoms with Gasteiger partial charge in [-0.05, 0) is 35.0 Å². The van der Waals surface area contributed by atoms with Gasteiger partial charge in [0.25, 0.3) is 0 Å². The zero-order valence-corrected chi connectivity index (χ0v) is 7.15. The van der Waals surface area contributed by atoms with Gasteiger partial charge in [-0.2, -0.15) is 0 Å². The third-order valence-corrected chi connectivity index (χ3v) is 1.44. The number of hydrogen-bond donors (Lipinski definition) is 1. The maximum Gasteiger partial charge on any atom is 0.125 e. The van der Waals surface area contributed by atoms with Gasteiger partial charge in [-0.25, -0.2) is 4.39 Å². The van der Waals surface area contributed by atoms with E-state index in [4.69, 9.17) is 5.11 Å². The summed E-state index contributed by atoms with van der Waals surface area (Å²) in [6.07, 6.45) is 2.54. The molecule has 0 rings (SSSR count). The minimum absolute atomic E-state index is 0.00111. The van der Waals surface area contributed by atoms with Crippen molar-refractivity contribution in [2.45, 2.75) is 6.92 Å². The molecule has 0 saturated carbocycles. The molecular weight excluding hydrogens is 199 g/mol. The second kappa shape index (κ2) is 4.28. The van der Waals surface area contributed by atoms with Crippen molar-refractivity contribution in [1.29, 1.82) is 0 Å². The number of hydrogen-bond acceptors (Lipinski definition) is 1. The molecule has 0 unspecified atom stereocenters. The predicted octanol–water partition coefficient (Wildman–Crippen LogP) is 3.21. The van der Waals surface area contributed by atoms with Crippen molar-refractivity contribution in [3.63, 3.8) is 0 Å². The van der Waals surface area contributed by atoms with Crippen LogP contribution in [0.5, 0.6) is 0 Å². The van der Waals surface area contributed by atoms with E-state index in [0.717, 1.165) is 6.08 Å². The van der Waals surface area contributed by atoms with Crippen molar-refractivity contribution in [2.24, 2.45) is 0 Å². The van der Waals surface area contributed by atoms with Gasteiger partial charge in [0.15, 0.2) is 0 Å². The highest BCUT2D eigenvalue weighted by Gasteiger charge is 1.96. The third-order valence-electron chi connectivity index (χ3n) is 0.801. The first-order chi connectivity index (χ1) is 4.57. The molecule has 10 heavy (non-hydrogen) atoms. The molecule has 0 amide bonds. The van der Waals surface area contributed by atoms with Crippen molar-refractivity contribution in [3.8, 4) is 0 Å². The number of allylic oxidation sites excluding steroid dienone is 4. The first-order valence-electron chi connectivity index (χ1n) is 2.65. The van der Waals surface area contributed by atoms with Gasteiger partial charge in [-0.3, -0.25) is 0 Å². The molecule has 0 aromatic rings. The van der Waals surface area contributed by atoms with Gasteiger partial charge in [0.05, 0.1) is 4.48 Å². The topological polar surface area (TPSA) is 20.2 Å². The molecule has 0 fully saturated rings. The summed E-state index contributed by atoms with van der Waals surface area (Å²) in [4.78, 5) is 0. The Kier molecular flexibility index (Phi) is 4.03. The molecule has 0 aliphatic heterocycles. The SMILES string of the molecule is C=C(F)/C=C(Br)\C(O)=C/C. The Balaban J connectivity index is 4.35. The van der Waals surface area contributed by atoms with E-state index in [9.17, 15) is 4.39 Å². The molecule has 1 N–H and O–H groups in total. The fraction of sp³-hybridized carbons (Fsp3) is 0.143. The zero-order valence-electron chi connectivity index (χ0n) is 5.56. The first-order valence-corrected chi connectivity index (χ1v) is 3.44. The van der Waals surface area contributed by atoms with E-state index in [0.29, 0.717) is 4.48 Å². The molecule has 3 heteroatoms. The van der Waals surface area contributed by atoms with Crippen molar-refractivity contribution in [1.82, 2.24) is 0 Å². The molecule has 0 aliphatic carbocycles. The lowest BCUT2D eigenvalue weighted by Crippen LogP contribution is -1.78. The smallest absolute Gasteiger partial charge is 0.125 e. The van der Waals surface area contributed by atoms with Crippen LogP contribution < -0.4 is 0 Å². The molecule has 0 atom stereocenters. The Labute approximate surface area is 67.7 Å². The lowest BCUT2D eigenvalue weighted by atomic mass is 10.4. The predicted molar refractivity (Wildman–Crippen MR) is 43.6 cm³/mol. The van der Waals surface area contributed by atoms with E-state index in [1.54, 1.807) is 6.92 Å². The largest absolute Gasteiger partial charge is 0.507 e. The van der Waals surface area contributed by atoms with Gasteiger partial charge in [-0.15, -0.1) is 0 Å². The Morgan fingerprint density at radius 3 is 2.50 bits per heavy atom. The second-order valence-corrected chi connectivity index (χ2v) is 2.47. The van der Waals surface area contributed by atoms with Crippen LogP contribution >= 0.6 is 15.9 Å². The molecule has 0 radical (unpaired) electrons. The highest BCUT2D eigenvalue weighted by Crippen LogP contribution is 2.16. The minimum atomic E-state index is -0.597. The van der Waals surface area contributed by atoms with Crippen molar-refractivity contribution < 1.29 is 9.50 Å². The maximum atomic E-state index is 12.0. The lowest BCUT2D eigenvalue weighted by Gasteiger charge is -1.93. The summed E-state index contributed by atoms with van der Waals surface area (Å²) in [6.45, 7) is 4.64. The number of rotatable bonds is 2. The van der Waals surface area contributed by atoms with Crippen molar-refractivity contribution in [2.75, 3.05) is 0 Å². The summed E-state index contributed by atoms with van der Waals surface area (Å²) in [6, 6.07) is 0. The fourth-order valence-electron chi connectivity index (χ4n) is 0.349. The molecule has 0 saturated heterocycles. The minimum Gasteiger partial charge on any atom is -0.507 e. The Hall–Kier alpha value is -0.570. The van der Waals surface area contributed by atoms with Crippen molar-refractivity contribution in [3.05, 3.63) is 34.8 Å². The molecule has 1 nitrogen and oxygen atoms in total. The van der Waals surface area contributed by atoms with Gasteiger partial charge < -0.3 is 5.11 Å². The lowest BCUT2D eigenvalue weighted by molar-refractivity contribution is 0.429. The van der Waals surface area contributed by atoms with Crippen LogP contribution in [0.2, 0.25) is 0 Å². The third kappa shape index (κ3) is 3.45. The molecule has 0 aromatic carbocycles. The highest BCUT2D eigenvalue weighted by atomic mass is 79.9. The van der Waals surface area contributed by atoms with E-state index in [2.05, 4.69) is 22.5 Å². The van der Waals surface area contributed by atoms with Gasteiger partial charge in [0.1, 0.15) is 11.6 Å². The standard InChI is InChI=1S/C7H8BrFO/c1-3-7(10)6(8)4-5(2)9/h3-4,10H,2H2,1H3/b6-4+,7-3+.